The molecule has 1 nitrogen and oxygen atoms in total. The molecule has 0 heterocycles. The van der Waals surface area contributed by atoms with Gasteiger partial charge in [-0.2, -0.15) is 6.42 Å². The van der Waals surface area contributed by atoms with Crippen LogP contribution in [-0.4, -0.2) is 0 Å². The zero-order valence-electron chi connectivity index (χ0n) is 4.53. The van der Waals surface area contributed by atoms with Crippen LogP contribution in [0, 0.1) is 6.92 Å². The van der Waals surface area contributed by atoms with Crippen molar-refractivity contribution < 1.29 is 11.4 Å². The molecule has 0 spiro atoms. The summed E-state index contributed by atoms with van der Waals surface area (Å²) >= 11 is -1.62. The Kier molecular flexibility index (Phi) is 31.9. The number of nitrogens with two attached hydrogens (primary N) is 1. The third-order valence-electron chi connectivity index (χ3n) is 0. The van der Waals surface area contributed by atoms with Crippen molar-refractivity contribution in [2.24, 2.45) is 0 Å². The molecule has 0 aliphatic rings. The van der Waals surface area contributed by atoms with Gasteiger partial charge < -0.3 is 13.1 Å². The van der Waals surface area contributed by atoms with Crippen LogP contribution in [0.4, 0.5) is 0 Å². The molecular weight excluding hydrogens is 208 g/mol. The molecule has 0 bridgehead atoms. The number of rotatable bonds is 0. The van der Waals surface area contributed by atoms with Crippen LogP contribution >= 0.6 is 30.1 Å². The van der Waals surface area contributed by atoms with Gasteiger partial charge in [-0.1, -0.05) is 6.92 Å². The summed E-state index contributed by atoms with van der Waals surface area (Å²) in [5.74, 6) is 0. The topological polar surface area (TPSA) is 33.5 Å². The van der Waals surface area contributed by atoms with Crippen molar-refractivity contribution in [2.75, 3.05) is 0 Å². The maximum atomic E-state index is 4.93. The third-order valence-corrected chi connectivity index (χ3v) is 0. The first-order valence-electron chi connectivity index (χ1n) is 1.67. The normalized spacial score (nSPS) is 6.75. The standard InChI is InChI=1S/C3H7.3ClH.Cr.H2N/c1-3-2;;;;;/h1,3H2,2H3;3*1H;;1H2/q-1;;;;+3;-1/p-3. The zero-order valence-corrected chi connectivity index (χ0v) is 8.08. The Bertz CT molecular complexity index is 25.7. The molecule has 0 amide bonds. The Morgan fingerprint density at radius 2 is 1.38 bits per heavy atom. The molecule has 0 aromatic carbocycles. The molecular formula is C3H9Cl3CrN-2. The molecule has 0 aromatic heterocycles. The van der Waals surface area contributed by atoms with Gasteiger partial charge in [-0.15, -0.1) is 0 Å². The summed E-state index contributed by atoms with van der Waals surface area (Å²) < 4.78 is 0. The fourth-order valence-corrected chi connectivity index (χ4v) is 0. The molecule has 0 radical (unpaired) electrons. The Balaban J connectivity index is -0.0000000575. The van der Waals surface area contributed by atoms with Crippen molar-refractivity contribution in [1.29, 1.82) is 0 Å². The first-order valence-corrected chi connectivity index (χ1v) is 6.93. The van der Waals surface area contributed by atoms with Crippen molar-refractivity contribution >= 4 is 30.1 Å². The fourth-order valence-electron chi connectivity index (χ4n) is 0. The van der Waals surface area contributed by atoms with Gasteiger partial charge in [-0.3, -0.25) is 0 Å². The maximum absolute atomic E-state index is 4.93. The Labute approximate surface area is 67.9 Å². The molecule has 8 heavy (non-hydrogen) atoms. The molecule has 5 heteroatoms. The predicted molar refractivity (Wildman–Crippen MR) is 38.5 cm³/mol. The number of halogens is 3. The van der Waals surface area contributed by atoms with Crippen LogP contribution in [-0.2, 0) is 11.4 Å². The van der Waals surface area contributed by atoms with Crippen LogP contribution in [0.25, 0.3) is 6.15 Å². The molecule has 0 saturated heterocycles. The van der Waals surface area contributed by atoms with E-state index in [1.54, 1.807) is 0 Å². The van der Waals surface area contributed by atoms with E-state index in [0.717, 1.165) is 6.42 Å². The summed E-state index contributed by atoms with van der Waals surface area (Å²) in [6.07, 6.45) is 1.00. The summed E-state index contributed by atoms with van der Waals surface area (Å²) in [6.45, 7) is 5.50. The van der Waals surface area contributed by atoms with E-state index in [1.807, 2.05) is 6.92 Å². The van der Waals surface area contributed by atoms with Crippen molar-refractivity contribution in [1.82, 2.24) is 0 Å². The molecule has 0 rings (SSSR count). The Morgan fingerprint density at radius 3 is 1.38 bits per heavy atom. The van der Waals surface area contributed by atoms with Gasteiger partial charge in [0.15, 0.2) is 0 Å². The van der Waals surface area contributed by atoms with E-state index in [0.29, 0.717) is 0 Å². The van der Waals surface area contributed by atoms with Crippen LogP contribution in [0.3, 0.4) is 0 Å². The summed E-state index contributed by atoms with van der Waals surface area (Å²) in [5.41, 5.74) is 0. The predicted octanol–water partition coefficient (Wildman–Crippen LogP) is 4.01. The van der Waals surface area contributed by atoms with Crippen LogP contribution in [0.15, 0.2) is 0 Å². The van der Waals surface area contributed by atoms with Crippen LogP contribution in [0.5, 0.6) is 0 Å². The van der Waals surface area contributed by atoms with Gasteiger partial charge in [0.25, 0.3) is 0 Å². The number of hydrogen-bond acceptors (Lipinski definition) is 0. The van der Waals surface area contributed by atoms with E-state index in [9.17, 15) is 0 Å². The molecule has 0 saturated carbocycles. The minimum Gasteiger partial charge on any atom is -0.693 e. The smallest absolute Gasteiger partial charge is 0.693 e. The largest absolute Gasteiger partial charge is 0.693 e. The van der Waals surface area contributed by atoms with Crippen LogP contribution in [0.1, 0.15) is 13.3 Å². The van der Waals surface area contributed by atoms with Crippen molar-refractivity contribution in [3.8, 4) is 0 Å². The summed E-state index contributed by atoms with van der Waals surface area (Å²) in [7, 11) is 14.8. The van der Waals surface area contributed by atoms with E-state index >= 15 is 0 Å². The van der Waals surface area contributed by atoms with E-state index in [2.05, 4.69) is 6.92 Å². The van der Waals surface area contributed by atoms with Gasteiger partial charge in [0.2, 0.25) is 0 Å². The van der Waals surface area contributed by atoms with Crippen LogP contribution in [0.2, 0.25) is 0 Å². The average molecular weight is 217 g/mol. The van der Waals surface area contributed by atoms with Gasteiger partial charge >= 0.3 is 41.5 Å². The maximum Gasteiger partial charge on any atom is -0.693 e. The van der Waals surface area contributed by atoms with Gasteiger partial charge in [0.05, 0.1) is 0 Å². The van der Waals surface area contributed by atoms with Gasteiger partial charge in [-0.25, -0.2) is 0 Å². The summed E-state index contributed by atoms with van der Waals surface area (Å²) in [4.78, 5) is 0. The summed E-state index contributed by atoms with van der Waals surface area (Å²) in [5, 5.41) is 0. The summed E-state index contributed by atoms with van der Waals surface area (Å²) in [6, 6.07) is 0. The second-order valence-electron chi connectivity index (χ2n) is 0.675. The van der Waals surface area contributed by atoms with E-state index in [-0.39, 0.29) is 6.15 Å². The molecule has 0 aliphatic heterocycles. The van der Waals surface area contributed by atoms with Crippen LogP contribution < -0.4 is 0 Å². The molecule has 0 aromatic rings. The fraction of sp³-hybridized carbons (Fsp3) is 0.667. The van der Waals surface area contributed by atoms with Gasteiger partial charge in [-0.05, 0) is 0 Å². The van der Waals surface area contributed by atoms with E-state index in [4.69, 9.17) is 30.1 Å². The first kappa shape index (κ1) is 16.2. The molecule has 55 valence electrons. The SMILES string of the molecule is [CH2-]CC.[Cl][Cr]([Cl])[Cl].[NH2-]. The van der Waals surface area contributed by atoms with Gasteiger partial charge in [0.1, 0.15) is 0 Å². The monoisotopic (exact) mass is 216 g/mol. The molecule has 2 N–H and O–H groups in total. The Hall–Kier alpha value is 1.36. The van der Waals surface area contributed by atoms with E-state index < -0.39 is 11.4 Å². The molecule has 0 unspecified atom stereocenters. The molecule has 0 aliphatic carbocycles. The second-order valence-corrected chi connectivity index (χ2v) is 6.99. The molecule has 0 atom stereocenters. The number of hydrogen-bond donors (Lipinski definition) is 0. The molecule has 0 fully saturated rings. The second kappa shape index (κ2) is 15.8. The minimum absolute atomic E-state index is 0. The van der Waals surface area contributed by atoms with Crippen molar-refractivity contribution in [2.45, 2.75) is 13.3 Å². The average Bonchev–Trinajstić information content (AvgIpc) is 1.33. The zero-order chi connectivity index (χ0) is 6.28. The first-order chi connectivity index (χ1) is 3.15. The third kappa shape index (κ3) is 161. The van der Waals surface area contributed by atoms with E-state index in [1.165, 1.54) is 0 Å². The van der Waals surface area contributed by atoms with Crippen molar-refractivity contribution in [3.63, 3.8) is 0 Å². The quantitative estimate of drug-likeness (QED) is 0.549. The minimum atomic E-state index is -1.62. The van der Waals surface area contributed by atoms with Gasteiger partial charge in [0, 0.05) is 0 Å². The Morgan fingerprint density at radius 1 is 1.38 bits per heavy atom. The van der Waals surface area contributed by atoms with Crippen molar-refractivity contribution in [3.05, 3.63) is 13.1 Å².